The van der Waals surface area contributed by atoms with E-state index >= 15 is 0 Å². The van der Waals surface area contributed by atoms with E-state index in [0.717, 1.165) is 0 Å². The van der Waals surface area contributed by atoms with E-state index in [1.54, 1.807) is 23.1 Å². The summed E-state index contributed by atoms with van der Waals surface area (Å²) in [7, 11) is 0. The molecule has 1 fully saturated rings. The van der Waals surface area contributed by atoms with Crippen LogP contribution in [0.3, 0.4) is 0 Å². The maximum atomic E-state index is 12.5. The van der Waals surface area contributed by atoms with Crippen molar-refractivity contribution in [3.63, 3.8) is 0 Å². The molecule has 0 radical (unpaired) electrons. The molecule has 19 heavy (non-hydrogen) atoms. The Hall–Kier alpha value is -1.30. The van der Waals surface area contributed by atoms with Crippen molar-refractivity contribution >= 4 is 23.2 Å². The number of rotatable bonds is 2. The minimum Gasteiger partial charge on any atom is -0.397 e. The molecular weight excluding hydrogens is 268 g/mol. The second-order valence-corrected chi connectivity index (χ2v) is 5.05. The van der Waals surface area contributed by atoms with Gasteiger partial charge in [-0.05, 0) is 19.1 Å². The molecule has 2 rings (SSSR count). The Balaban J connectivity index is 2.24. The number of morpholine rings is 1. The highest BCUT2D eigenvalue weighted by molar-refractivity contribution is 6.33. The lowest BCUT2D eigenvalue weighted by Crippen LogP contribution is -2.52. The number of hydrogen-bond acceptors (Lipinski definition) is 4. The van der Waals surface area contributed by atoms with Crippen molar-refractivity contribution < 1.29 is 14.6 Å². The number of carbonyl (C=O) groups is 1. The third-order valence-electron chi connectivity index (χ3n) is 3.25. The average Bonchev–Trinajstić information content (AvgIpc) is 2.42. The van der Waals surface area contributed by atoms with Gasteiger partial charge in [0.2, 0.25) is 0 Å². The third-order valence-corrected chi connectivity index (χ3v) is 3.58. The minimum atomic E-state index is -0.347. The Labute approximate surface area is 116 Å². The fraction of sp³-hybridized carbons (Fsp3) is 0.462. The van der Waals surface area contributed by atoms with Gasteiger partial charge in [-0.15, -0.1) is 0 Å². The molecule has 0 bridgehead atoms. The summed E-state index contributed by atoms with van der Waals surface area (Å²) in [5, 5.41) is 9.50. The zero-order chi connectivity index (χ0) is 14.0. The van der Waals surface area contributed by atoms with Gasteiger partial charge in [0.05, 0.1) is 41.6 Å². The highest BCUT2D eigenvalue weighted by Gasteiger charge is 2.30. The van der Waals surface area contributed by atoms with Gasteiger partial charge in [-0.25, -0.2) is 0 Å². The van der Waals surface area contributed by atoms with E-state index in [1.165, 1.54) is 0 Å². The number of aliphatic hydroxyl groups excluding tert-OH is 1. The van der Waals surface area contributed by atoms with E-state index in [0.29, 0.717) is 23.7 Å². The van der Waals surface area contributed by atoms with Gasteiger partial charge < -0.3 is 20.5 Å². The zero-order valence-electron chi connectivity index (χ0n) is 10.7. The first kappa shape index (κ1) is 14.1. The van der Waals surface area contributed by atoms with Gasteiger partial charge in [-0.3, -0.25) is 4.79 Å². The first-order valence-corrected chi connectivity index (χ1v) is 6.49. The van der Waals surface area contributed by atoms with Crippen LogP contribution in [-0.2, 0) is 4.74 Å². The Morgan fingerprint density at radius 2 is 2.37 bits per heavy atom. The predicted molar refractivity (Wildman–Crippen MR) is 73.2 cm³/mol. The van der Waals surface area contributed by atoms with Crippen molar-refractivity contribution in [2.45, 2.75) is 19.1 Å². The average molecular weight is 285 g/mol. The number of aliphatic hydroxyl groups is 1. The van der Waals surface area contributed by atoms with Gasteiger partial charge in [0.15, 0.2) is 0 Å². The standard InChI is InChI=1S/C13H17ClN2O3/c1-8-7-19-9(6-17)5-16(8)13(18)10-3-2-4-11(14)12(10)15/h2-4,8-9,17H,5-7,15H2,1H3. The molecule has 3 N–H and O–H groups in total. The van der Waals surface area contributed by atoms with Gasteiger partial charge in [-0.1, -0.05) is 17.7 Å². The van der Waals surface area contributed by atoms with E-state index in [1.807, 2.05) is 6.92 Å². The van der Waals surface area contributed by atoms with Gasteiger partial charge in [0, 0.05) is 6.54 Å². The fourth-order valence-corrected chi connectivity index (χ4v) is 2.26. The van der Waals surface area contributed by atoms with Crippen molar-refractivity contribution in [2.24, 2.45) is 0 Å². The molecule has 1 aliphatic heterocycles. The molecule has 1 saturated heterocycles. The maximum Gasteiger partial charge on any atom is 0.256 e. The summed E-state index contributed by atoms with van der Waals surface area (Å²) in [4.78, 5) is 14.2. The number of benzene rings is 1. The molecule has 1 aromatic carbocycles. The van der Waals surface area contributed by atoms with Gasteiger partial charge >= 0.3 is 0 Å². The number of halogens is 1. The summed E-state index contributed by atoms with van der Waals surface area (Å²) in [6.45, 7) is 2.54. The smallest absolute Gasteiger partial charge is 0.256 e. The van der Waals surface area contributed by atoms with Crippen LogP contribution in [0.5, 0.6) is 0 Å². The van der Waals surface area contributed by atoms with E-state index in [-0.39, 0.29) is 30.3 Å². The molecule has 0 aromatic heterocycles. The molecule has 0 saturated carbocycles. The lowest BCUT2D eigenvalue weighted by molar-refractivity contribution is -0.0667. The van der Waals surface area contributed by atoms with Gasteiger partial charge in [0.25, 0.3) is 5.91 Å². The van der Waals surface area contributed by atoms with E-state index in [9.17, 15) is 4.79 Å². The normalized spacial score (nSPS) is 23.4. The third kappa shape index (κ3) is 2.83. The lowest BCUT2D eigenvalue weighted by Gasteiger charge is -2.37. The molecule has 2 atom stereocenters. The van der Waals surface area contributed by atoms with E-state index < -0.39 is 0 Å². The molecule has 0 spiro atoms. The van der Waals surface area contributed by atoms with Crippen LogP contribution in [0, 0.1) is 0 Å². The minimum absolute atomic E-state index is 0.0614. The van der Waals surface area contributed by atoms with Crippen LogP contribution in [0.4, 0.5) is 5.69 Å². The van der Waals surface area contributed by atoms with Crippen molar-refractivity contribution in [3.05, 3.63) is 28.8 Å². The molecule has 104 valence electrons. The Bertz CT molecular complexity index is 481. The second kappa shape index (κ2) is 5.77. The number of nitrogens with zero attached hydrogens (tertiary/aromatic N) is 1. The number of ether oxygens (including phenoxy) is 1. The molecule has 1 amide bonds. The molecule has 0 aliphatic carbocycles. The van der Waals surface area contributed by atoms with Crippen LogP contribution in [-0.4, -0.2) is 47.8 Å². The first-order chi connectivity index (χ1) is 9.04. The fourth-order valence-electron chi connectivity index (χ4n) is 2.09. The predicted octanol–water partition coefficient (Wildman–Crippen LogP) is 1.14. The van der Waals surface area contributed by atoms with Gasteiger partial charge in [0.1, 0.15) is 0 Å². The van der Waals surface area contributed by atoms with Crippen LogP contribution in [0.2, 0.25) is 5.02 Å². The first-order valence-electron chi connectivity index (χ1n) is 6.12. The molecular formula is C13H17ClN2O3. The van der Waals surface area contributed by atoms with Crippen molar-refractivity contribution in [1.82, 2.24) is 4.90 Å². The van der Waals surface area contributed by atoms with E-state index in [2.05, 4.69) is 0 Å². The van der Waals surface area contributed by atoms with Crippen LogP contribution in [0.1, 0.15) is 17.3 Å². The highest BCUT2D eigenvalue weighted by atomic mass is 35.5. The Kier molecular flexibility index (Phi) is 4.29. The number of anilines is 1. The summed E-state index contributed by atoms with van der Waals surface area (Å²) < 4.78 is 5.41. The highest BCUT2D eigenvalue weighted by Crippen LogP contribution is 2.25. The second-order valence-electron chi connectivity index (χ2n) is 4.65. The number of amides is 1. The molecule has 1 heterocycles. The molecule has 1 aromatic rings. The van der Waals surface area contributed by atoms with Crippen molar-refractivity contribution in [1.29, 1.82) is 0 Å². The summed E-state index contributed by atoms with van der Waals surface area (Å²) in [6, 6.07) is 4.93. The summed E-state index contributed by atoms with van der Waals surface area (Å²) in [5.74, 6) is -0.186. The summed E-state index contributed by atoms with van der Waals surface area (Å²) in [5.41, 5.74) is 6.52. The number of hydrogen-bond donors (Lipinski definition) is 2. The van der Waals surface area contributed by atoms with Crippen LogP contribution in [0.25, 0.3) is 0 Å². The number of nitrogen functional groups attached to an aromatic ring is 1. The molecule has 5 nitrogen and oxygen atoms in total. The zero-order valence-corrected chi connectivity index (χ0v) is 11.4. The number of nitrogens with two attached hydrogens (primary N) is 1. The van der Waals surface area contributed by atoms with Gasteiger partial charge in [-0.2, -0.15) is 0 Å². The summed E-state index contributed by atoms with van der Waals surface area (Å²) in [6.07, 6.45) is -0.347. The van der Waals surface area contributed by atoms with Crippen LogP contribution < -0.4 is 5.73 Å². The maximum absolute atomic E-state index is 12.5. The number of para-hydroxylation sites is 1. The van der Waals surface area contributed by atoms with Crippen LogP contribution >= 0.6 is 11.6 Å². The largest absolute Gasteiger partial charge is 0.397 e. The Morgan fingerprint density at radius 1 is 1.63 bits per heavy atom. The van der Waals surface area contributed by atoms with E-state index in [4.69, 9.17) is 27.2 Å². The molecule has 6 heteroatoms. The SMILES string of the molecule is CC1COC(CO)CN1C(=O)c1cccc(Cl)c1N. The van der Waals surface area contributed by atoms with Crippen LogP contribution in [0.15, 0.2) is 18.2 Å². The monoisotopic (exact) mass is 284 g/mol. The van der Waals surface area contributed by atoms with Crippen molar-refractivity contribution in [2.75, 3.05) is 25.5 Å². The number of carbonyl (C=O) groups excluding carboxylic acids is 1. The topological polar surface area (TPSA) is 75.8 Å². The van der Waals surface area contributed by atoms with Crippen molar-refractivity contribution in [3.8, 4) is 0 Å². The summed E-state index contributed by atoms with van der Waals surface area (Å²) >= 11 is 5.93. The molecule has 1 aliphatic rings. The molecule has 2 unspecified atom stereocenters. The quantitative estimate of drug-likeness (QED) is 0.799. The lowest BCUT2D eigenvalue weighted by atomic mass is 10.1. The Morgan fingerprint density at radius 3 is 3.05 bits per heavy atom.